The highest BCUT2D eigenvalue weighted by atomic mass is 35.5. The zero-order valence-electron chi connectivity index (χ0n) is 13.0. The molecule has 0 saturated carbocycles. The number of hydrogen-bond donors (Lipinski definition) is 3. The van der Waals surface area contributed by atoms with Crippen LogP contribution in [0.5, 0.6) is 0 Å². The topological polar surface area (TPSA) is 84.2 Å². The largest absolute Gasteiger partial charge is 0.352 e. The van der Waals surface area contributed by atoms with Crippen LogP contribution in [-0.4, -0.2) is 11.9 Å². The summed E-state index contributed by atoms with van der Waals surface area (Å²) in [7, 11) is 0. The van der Waals surface area contributed by atoms with Crippen molar-refractivity contribution in [2.24, 2.45) is 5.73 Å². The summed E-state index contributed by atoms with van der Waals surface area (Å²) in [6.07, 6.45) is 0. The number of halogens is 2. The molecular weight excluding hydrogens is 349 g/mol. The average Bonchev–Trinajstić information content (AvgIpc) is 2.53. The second-order valence-corrected chi connectivity index (χ2v) is 6.12. The molecule has 4 N–H and O–H groups in total. The van der Waals surface area contributed by atoms with Crippen LogP contribution in [-0.2, 0) is 6.54 Å². The Morgan fingerprint density at radius 2 is 1.79 bits per heavy atom. The summed E-state index contributed by atoms with van der Waals surface area (Å²) < 4.78 is 0. The molecule has 0 spiro atoms. The first-order valence-corrected chi connectivity index (χ1v) is 8.00. The van der Waals surface area contributed by atoms with E-state index in [1.165, 1.54) is 0 Å². The summed E-state index contributed by atoms with van der Waals surface area (Å²) in [5.41, 5.74) is 7.16. The molecule has 0 radical (unpaired) electrons. The Labute approximate surface area is 150 Å². The maximum atomic E-state index is 12.3. The molecule has 2 aromatic carbocycles. The van der Waals surface area contributed by atoms with Crippen LogP contribution in [0, 0.1) is 0 Å². The number of nitrogens with one attached hydrogen (secondary N) is 2. The van der Waals surface area contributed by atoms with Gasteiger partial charge in [-0.3, -0.25) is 4.79 Å². The lowest BCUT2D eigenvalue weighted by Gasteiger charge is -2.16. The minimum atomic E-state index is -0.592. The Morgan fingerprint density at radius 3 is 2.38 bits per heavy atom. The van der Waals surface area contributed by atoms with Crippen LogP contribution in [0.4, 0.5) is 4.79 Å². The molecule has 1 unspecified atom stereocenters. The molecule has 0 bridgehead atoms. The van der Waals surface area contributed by atoms with E-state index in [1.807, 2.05) is 6.92 Å². The van der Waals surface area contributed by atoms with E-state index in [4.69, 9.17) is 28.9 Å². The molecular formula is C17H17Cl2N3O2. The maximum Gasteiger partial charge on any atom is 0.312 e. The molecule has 0 aliphatic heterocycles. The summed E-state index contributed by atoms with van der Waals surface area (Å²) in [4.78, 5) is 23.0. The molecule has 126 valence electrons. The Morgan fingerprint density at radius 1 is 1.12 bits per heavy atom. The minimum absolute atomic E-state index is 0.220. The van der Waals surface area contributed by atoms with Gasteiger partial charge in [-0.15, -0.1) is 0 Å². The van der Waals surface area contributed by atoms with E-state index in [1.54, 1.807) is 42.5 Å². The lowest BCUT2D eigenvalue weighted by molar-refractivity contribution is 0.0940. The van der Waals surface area contributed by atoms with Gasteiger partial charge in [-0.05, 0) is 42.3 Å². The normalized spacial score (nSPS) is 11.6. The van der Waals surface area contributed by atoms with E-state index < -0.39 is 6.03 Å². The van der Waals surface area contributed by atoms with Crippen molar-refractivity contribution in [2.45, 2.75) is 19.5 Å². The number of rotatable bonds is 5. The minimum Gasteiger partial charge on any atom is -0.352 e. The van der Waals surface area contributed by atoms with Gasteiger partial charge in [0.25, 0.3) is 5.91 Å². The van der Waals surface area contributed by atoms with Gasteiger partial charge in [0.15, 0.2) is 0 Å². The SMILES string of the molecule is CC(NC(=O)c1ccc(CNC(N)=O)cc1)c1ccc(Cl)cc1Cl. The summed E-state index contributed by atoms with van der Waals surface area (Å²) in [5, 5.41) is 6.42. The molecule has 0 aliphatic rings. The van der Waals surface area contributed by atoms with E-state index >= 15 is 0 Å². The predicted molar refractivity (Wildman–Crippen MR) is 95.2 cm³/mol. The summed E-state index contributed by atoms with van der Waals surface area (Å²) in [6.45, 7) is 2.16. The molecule has 2 rings (SSSR count). The monoisotopic (exact) mass is 365 g/mol. The average molecular weight is 366 g/mol. The number of primary amides is 1. The lowest BCUT2D eigenvalue weighted by Crippen LogP contribution is -2.29. The lowest BCUT2D eigenvalue weighted by atomic mass is 10.1. The second-order valence-electron chi connectivity index (χ2n) is 5.28. The van der Waals surface area contributed by atoms with Gasteiger partial charge in [0, 0.05) is 22.2 Å². The molecule has 0 heterocycles. The number of nitrogens with two attached hydrogens (primary N) is 1. The first kappa shape index (κ1) is 18.1. The van der Waals surface area contributed by atoms with Gasteiger partial charge < -0.3 is 16.4 Å². The van der Waals surface area contributed by atoms with Gasteiger partial charge in [0.05, 0.1) is 6.04 Å². The van der Waals surface area contributed by atoms with Crippen LogP contribution in [0.3, 0.4) is 0 Å². The van der Waals surface area contributed by atoms with Gasteiger partial charge in [0.1, 0.15) is 0 Å². The number of carbonyl (C=O) groups is 2. The number of amides is 3. The van der Waals surface area contributed by atoms with Gasteiger partial charge in [-0.25, -0.2) is 4.79 Å². The van der Waals surface area contributed by atoms with Crippen molar-refractivity contribution in [2.75, 3.05) is 0 Å². The number of urea groups is 1. The first-order chi connectivity index (χ1) is 11.4. The van der Waals surface area contributed by atoms with Crippen LogP contribution < -0.4 is 16.4 Å². The molecule has 0 fully saturated rings. The van der Waals surface area contributed by atoms with Crippen molar-refractivity contribution < 1.29 is 9.59 Å². The molecule has 24 heavy (non-hydrogen) atoms. The van der Waals surface area contributed by atoms with Crippen LogP contribution in [0.1, 0.15) is 34.5 Å². The van der Waals surface area contributed by atoms with Crippen molar-refractivity contribution in [3.05, 3.63) is 69.2 Å². The van der Waals surface area contributed by atoms with Gasteiger partial charge >= 0.3 is 6.03 Å². The molecule has 1 atom stereocenters. The van der Waals surface area contributed by atoms with Crippen LogP contribution >= 0.6 is 23.2 Å². The Kier molecular flexibility index (Phi) is 6.06. The molecule has 0 saturated heterocycles. The highest BCUT2D eigenvalue weighted by Gasteiger charge is 2.14. The Bertz CT molecular complexity index is 748. The summed E-state index contributed by atoms with van der Waals surface area (Å²) >= 11 is 12.0. The summed E-state index contributed by atoms with van der Waals surface area (Å²) in [6, 6.07) is 11.2. The Balaban J connectivity index is 2.02. The van der Waals surface area contributed by atoms with E-state index in [0.29, 0.717) is 22.2 Å². The quantitative estimate of drug-likeness (QED) is 0.755. The van der Waals surface area contributed by atoms with E-state index in [9.17, 15) is 9.59 Å². The zero-order chi connectivity index (χ0) is 17.7. The first-order valence-electron chi connectivity index (χ1n) is 7.25. The van der Waals surface area contributed by atoms with Crippen LogP contribution in [0.2, 0.25) is 10.0 Å². The zero-order valence-corrected chi connectivity index (χ0v) is 14.5. The Hall–Kier alpha value is -2.24. The third-order valence-electron chi connectivity index (χ3n) is 3.46. The van der Waals surface area contributed by atoms with Gasteiger partial charge in [0.2, 0.25) is 0 Å². The second kappa shape index (κ2) is 8.04. The maximum absolute atomic E-state index is 12.3. The van der Waals surface area contributed by atoms with Crippen molar-refractivity contribution in [3.63, 3.8) is 0 Å². The number of hydrogen-bond acceptors (Lipinski definition) is 2. The van der Waals surface area contributed by atoms with E-state index in [-0.39, 0.29) is 11.9 Å². The number of carbonyl (C=O) groups excluding carboxylic acids is 2. The molecule has 7 heteroatoms. The van der Waals surface area contributed by atoms with Crippen molar-refractivity contribution >= 4 is 35.1 Å². The van der Waals surface area contributed by atoms with Gasteiger partial charge in [-0.1, -0.05) is 41.4 Å². The smallest absolute Gasteiger partial charge is 0.312 e. The fraction of sp³-hybridized carbons (Fsp3) is 0.176. The highest BCUT2D eigenvalue weighted by Crippen LogP contribution is 2.26. The standard InChI is InChI=1S/C17H17Cl2N3O2/c1-10(14-7-6-13(18)8-15(14)19)22-16(23)12-4-2-11(3-5-12)9-21-17(20)24/h2-8,10H,9H2,1H3,(H,22,23)(H3,20,21,24). The van der Waals surface area contributed by atoms with Crippen molar-refractivity contribution in [3.8, 4) is 0 Å². The van der Waals surface area contributed by atoms with Crippen molar-refractivity contribution in [1.82, 2.24) is 10.6 Å². The fourth-order valence-corrected chi connectivity index (χ4v) is 2.75. The molecule has 5 nitrogen and oxygen atoms in total. The molecule has 0 aliphatic carbocycles. The fourth-order valence-electron chi connectivity index (χ4n) is 2.17. The van der Waals surface area contributed by atoms with Crippen LogP contribution in [0.15, 0.2) is 42.5 Å². The third-order valence-corrected chi connectivity index (χ3v) is 4.02. The summed E-state index contributed by atoms with van der Waals surface area (Å²) in [5.74, 6) is -0.220. The van der Waals surface area contributed by atoms with Crippen LogP contribution in [0.25, 0.3) is 0 Å². The third kappa shape index (κ3) is 4.88. The predicted octanol–water partition coefficient (Wildman–Crippen LogP) is 3.65. The van der Waals surface area contributed by atoms with Gasteiger partial charge in [-0.2, -0.15) is 0 Å². The van der Waals surface area contributed by atoms with E-state index in [2.05, 4.69) is 10.6 Å². The molecule has 3 amide bonds. The molecule has 2 aromatic rings. The van der Waals surface area contributed by atoms with E-state index in [0.717, 1.165) is 11.1 Å². The van der Waals surface area contributed by atoms with Crippen molar-refractivity contribution in [1.29, 1.82) is 0 Å². The molecule has 0 aromatic heterocycles. The number of benzene rings is 2. The highest BCUT2D eigenvalue weighted by molar-refractivity contribution is 6.35.